The first-order valence-corrected chi connectivity index (χ1v) is 6.46. The quantitative estimate of drug-likeness (QED) is 0.900. The fourth-order valence-corrected chi connectivity index (χ4v) is 2.67. The SMILES string of the molecule is COc1cc2cc3c(nc2cc1OC)C(O)CCC3. The summed E-state index contributed by atoms with van der Waals surface area (Å²) in [6.07, 6.45) is 2.33. The van der Waals surface area contributed by atoms with Crippen molar-refractivity contribution >= 4 is 10.9 Å². The molecule has 2 aromatic rings. The molecule has 4 heteroatoms. The number of aliphatic hydroxyl groups excluding tert-OH is 1. The van der Waals surface area contributed by atoms with Gasteiger partial charge in [-0.05, 0) is 37.0 Å². The molecule has 1 unspecified atom stereocenters. The maximum atomic E-state index is 10.0. The van der Waals surface area contributed by atoms with E-state index >= 15 is 0 Å². The van der Waals surface area contributed by atoms with Gasteiger partial charge in [-0.25, -0.2) is 4.98 Å². The van der Waals surface area contributed by atoms with Crippen LogP contribution >= 0.6 is 0 Å². The van der Waals surface area contributed by atoms with Gasteiger partial charge in [0.2, 0.25) is 0 Å². The number of nitrogens with zero attached hydrogens (tertiary/aromatic N) is 1. The zero-order chi connectivity index (χ0) is 13.4. The summed E-state index contributed by atoms with van der Waals surface area (Å²) in [5.41, 5.74) is 2.78. The second-order valence-corrected chi connectivity index (χ2v) is 4.84. The second-order valence-electron chi connectivity index (χ2n) is 4.84. The molecule has 1 atom stereocenters. The number of aliphatic hydroxyl groups is 1. The van der Waals surface area contributed by atoms with Gasteiger partial charge in [0, 0.05) is 11.5 Å². The number of benzene rings is 1. The zero-order valence-electron chi connectivity index (χ0n) is 11.1. The molecule has 0 saturated heterocycles. The Labute approximate surface area is 112 Å². The highest BCUT2D eigenvalue weighted by Gasteiger charge is 2.20. The third-order valence-electron chi connectivity index (χ3n) is 3.67. The molecule has 1 aromatic carbocycles. The van der Waals surface area contributed by atoms with E-state index in [2.05, 4.69) is 11.1 Å². The highest BCUT2D eigenvalue weighted by molar-refractivity contribution is 5.83. The van der Waals surface area contributed by atoms with Crippen LogP contribution in [0.25, 0.3) is 10.9 Å². The molecule has 3 rings (SSSR count). The Hall–Kier alpha value is -1.81. The molecule has 0 fully saturated rings. The smallest absolute Gasteiger partial charge is 0.162 e. The molecule has 1 N–H and O–H groups in total. The molecule has 1 aliphatic carbocycles. The van der Waals surface area contributed by atoms with Gasteiger partial charge in [0.05, 0.1) is 31.5 Å². The van der Waals surface area contributed by atoms with Crippen molar-refractivity contribution in [1.29, 1.82) is 0 Å². The van der Waals surface area contributed by atoms with Crippen molar-refractivity contribution in [1.82, 2.24) is 4.98 Å². The standard InChI is InChI=1S/C15H17NO3/c1-18-13-7-10-6-9-4-3-5-12(17)15(9)16-11(10)8-14(13)19-2/h6-8,12,17H,3-5H2,1-2H3. The fraction of sp³-hybridized carbons (Fsp3) is 0.400. The van der Waals surface area contributed by atoms with Crippen molar-refractivity contribution in [3.8, 4) is 11.5 Å². The first kappa shape index (κ1) is 12.2. The maximum Gasteiger partial charge on any atom is 0.162 e. The van der Waals surface area contributed by atoms with Crippen LogP contribution in [0.3, 0.4) is 0 Å². The van der Waals surface area contributed by atoms with Gasteiger partial charge in [-0.1, -0.05) is 0 Å². The van der Waals surface area contributed by atoms with Gasteiger partial charge < -0.3 is 14.6 Å². The topological polar surface area (TPSA) is 51.6 Å². The Morgan fingerprint density at radius 3 is 2.63 bits per heavy atom. The number of fused-ring (bicyclic) bond motifs is 2. The summed E-state index contributed by atoms with van der Waals surface area (Å²) in [4.78, 5) is 4.60. The lowest BCUT2D eigenvalue weighted by atomic mass is 9.92. The van der Waals surface area contributed by atoms with Crippen molar-refractivity contribution in [2.75, 3.05) is 14.2 Å². The molecule has 1 aliphatic rings. The van der Waals surface area contributed by atoms with E-state index in [4.69, 9.17) is 9.47 Å². The number of rotatable bonds is 2. The number of ether oxygens (including phenoxy) is 2. The summed E-state index contributed by atoms with van der Waals surface area (Å²) in [6, 6.07) is 5.89. The van der Waals surface area contributed by atoms with Crippen LogP contribution in [0.15, 0.2) is 18.2 Å². The molecule has 1 heterocycles. The van der Waals surface area contributed by atoms with Gasteiger partial charge in [0.25, 0.3) is 0 Å². The Morgan fingerprint density at radius 2 is 1.89 bits per heavy atom. The fourth-order valence-electron chi connectivity index (χ4n) is 2.67. The molecule has 19 heavy (non-hydrogen) atoms. The van der Waals surface area contributed by atoms with Crippen LogP contribution < -0.4 is 9.47 Å². The van der Waals surface area contributed by atoms with E-state index in [1.54, 1.807) is 14.2 Å². The molecular weight excluding hydrogens is 242 g/mol. The van der Waals surface area contributed by atoms with E-state index in [0.29, 0.717) is 11.5 Å². The van der Waals surface area contributed by atoms with Crippen LogP contribution in [0.1, 0.15) is 30.2 Å². The van der Waals surface area contributed by atoms with E-state index in [-0.39, 0.29) is 0 Å². The first-order chi connectivity index (χ1) is 9.22. The second kappa shape index (κ2) is 4.70. The molecule has 0 radical (unpaired) electrons. The lowest BCUT2D eigenvalue weighted by Crippen LogP contribution is -2.11. The Kier molecular flexibility index (Phi) is 3.03. The third-order valence-corrected chi connectivity index (χ3v) is 3.67. The Morgan fingerprint density at radius 1 is 1.16 bits per heavy atom. The lowest BCUT2D eigenvalue weighted by Gasteiger charge is -2.21. The van der Waals surface area contributed by atoms with E-state index in [0.717, 1.165) is 41.4 Å². The summed E-state index contributed by atoms with van der Waals surface area (Å²) in [5.74, 6) is 1.36. The molecule has 0 amide bonds. The summed E-state index contributed by atoms with van der Waals surface area (Å²) in [6.45, 7) is 0. The number of aromatic nitrogens is 1. The predicted octanol–water partition coefficient (Wildman–Crippen LogP) is 2.62. The van der Waals surface area contributed by atoms with Gasteiger partial charge in [0.1, 0.15) is 0 Å². The molecule has 0 aliphatic heterocycles. The number of methoxy groups -OCH3 is 2. The molecular formula is C15H17NO3. The van der Waals surface area contributed by atoms with Crippen molar-refractivity contribution in [2.24, 2.45) is 0 Å². The summed E-state index contributed by atoms with van der Waals surface area (Å²) < 4.78 is 10.6. The summed E-state index contributed by atoms with van der Waals surface area (Å²) in [7, 11) is 3.23. The highest BCUT2D eigenvalue weighted by Crippen LogP contribution is 2.35. The number of hydrogen-bond donors (Lipinski definition) is 1. The van der Waals surface area contributed by atoms with Gasteiger partial charge in [0.15, 0.2) is 11.5 Å². The van der Waals surface area contributed by atoms with Crippen LogP contribution in [0.4, 0.5) is 0 Å². The predicted molar refractivity (Wildman–Crippen MR) is 72.7 cm³/mol. The van der Waals surface area contributed by atoms with Crippen LogP contribution in [-0.2, 0) is 6.42 Å². The molecule has 100 valence electrons. The molecule has 1 aromatic heterocycles. The van der Waals surface area contributed by atoms with Crippen LogP contribution in [0, 0.1) is 0 Å². The molecule has 4 nitrogen and oxygen atoms in total. The average Bonchev–Trinajstić information content (AvgIpc) is 2.44. The molecule has 0 saturated carbocycles. The summed E-state index contributed by atoms with van der Waals surface area (Å²) in [5, 5.41) is 11.0. The van der Waals surface area contributed by atoms with E-state index in [1.807, 2.05) is 12.1 Å². The largest absolute Gasteiger partial charge is 0.493 e. The van der Waals surface area contributed by atoms with Gasteiger partial charge in [-0.3, -0.25) is 0 Å². The minimum atomic E-state index is -0.443. The summed E-state index contributed by atoms with van der Waals surface area (Å²) >= 11 is 0. The lowest BCUT2D eigenvalue weighted by molar-refractivity contribution is 0.152. The van der Waals surface area contributed by atoms with Gasteiger partial charge in [-0.2, -0.15) is 0 Å². The van der Waals surface area contributed by atoms with Crippen LogP contribution in [-0.4, -0.2) is 24.3 Å². The van der Waals surface area contributed by atoms with Gasteiger partial charge >= 0.3 is 0 Å². The number of aryl methyl sites for hydroxylation is 1. The average molecular weight is 259 g/mol. The zero-order valence-corrected chi connectivity index (χ0v) is 11.1. The minimum absolute atomic E-state index is 0.443. The van der Waals surface area contributed by atoms with E-state index in [1.165, 1.54) is 0 Å². The Bertz CT molecular complexity index is 624. The highest BCUT2D eigenvalue weighted by atomic mass is 16.5. The first-order valence-electron chi connectivity index (χ1n) is 6.46. The van der Waals surface area contributed by atoms with Crippen molar-refractivity contribution in [2.45, 2.75) is 25.4 Å². The van der Waals surface area contributed by atoms with Crippen LogP contribution in [0.5, 0.6) is 11.5 Å². The van der Waals surface area contributed by atoms with Crippen molar-refractivity contribution < 1.29 is 14.6 Å². The number of pyridine rings is 1. The van der Waals surface area contributed by atoms with Crippen molar-refractivity contribution in [3.63, 3.8) is 0 Å². The maximum absolute atomic E-state index is 10.0. The van der Waals surface area contributed by atoms with Crippen molar-refractivity contribution in [3.05, 3.63) is 29.5 Å². The van der Waals surface area contributed by atoms with E-state index < -0.39 is 6.10 Å². The van der Waals surface area contributed by atoms with Gasteiger partial charge in [-0.15, -0.1) is 0 Å². The molecule has 0 spiro atoms. The van der Waals surface area contributed by atoms with E-state index in [9.17, 15) is 5.11 Å². The number of hydrogen-bond acceptors (Lipinski definition) is 4. The third kappa shape index (κ3) is 2.02. The Balaban J connectivity index is 2.22. The molecule has 0 bridgehead atoms. The normalized spacial score (nSPS) is 18.2. The van der Waals surface area contributed by atoms with Crippen LogP contribution in [0.2, 0.25) is 0 Å². The minimum Gasteiger partial charge on any atom is -0.493 e. The monoisotopic (exact) mass is 259 g/mol.